The molecule has 20 heavy (non-hydrogen) atoms. The lowest BCUT2D eigenvalue weighted by molar-refractivity contribution is 0.596. The molecule has 1 saturated heterocycles. The molecule has 0 N–H and O–H groups in total. The van der Waals surface area contributed by atoms with Crippen molar-refractivity contribution in [2.24, 2.45) is 0 Å². The summed E-state index contributed by atoms with van der Waals surface area (Å²) in [4.78, 5) is 14.3. The molecule has 0 spiro atoms. The minimum atomic E-state index is -0.0690. The lowest BCUT2D eigenvalue weighted by Gasteiger charge is -2.16. The Morgan fingerprint density at radius 3 is 2.75 bits per heavy atom. The van der Waals surface area contributed by atoms with E-state index in [9.17, 15) is 4.79 Å². The highest BCUT2D eigenvalue weighted by atomic mass is 16.1. The lowest BCUT2D eigenvalue weighted by Crippen LogP contribution is -2.26. The monoisotopic (exact) mass is 273 g/mol. The number of hydrogen-bond acceptors (Lipinski definition) is 4. The van der Waals surface area contributed by atoms with Crippen LogP contribution in [0.5, 0.6) is 0 Å². The number of anilines is 1. The van der Waals surface area contributed by atoms with Gasteiger partial charge in [0.1, 0.15) is 0 Å². The summed E-state index contributed by atoms with van der Waals surface area (Å²) < 4.78 is 3.31. The Morgan fingerprint density at radius 1 is 1.30 bits per heavy atom. The molecule has 6 nitrogen and oxygen atoms in total. The van der Waals surface area contributed by atoms with E-state index >= 15 is 0 Å². The van der Waals surface area contributed by atoms with E-state index in [0.29, 0.717) is 6.54 Å². The van der Waals surface area contributed by atoms with Gasteiger partial charge in [-0.3, -0.25) is 9.48 Å². The van der Waals surface area contributed by atoms with Gasteiger partial charge in [0.05, 0.1) is 24.1 Å². The largest absolute Gasteiger partial charge is 0.370 e. The van der Waals surface area contributed by atoms with Gasteiger partial charge in [0, 0.05) is 31.9 Å². The molecule has 0 saturated carbocycles. The summed E-state index contributed by atoms with van der Waals surface area (Å²) in [5.41, 5.74) is 1.72. The van der Waals surface area contributed by atoms with Gasteiger partial charge in [0.25, 0.3) is 5.56 Å². The van der Waals surface area contributed by atoms with Gasteiger partial charge in [0.2, 0.25) is 0 Å². The molecule has 0 unspecified atom stereocenters. The molecule has 2 aromatic rings. The van der Waals surface area contributed by atoms with Crippen molar-refractivity contribution in [1.82, 2.24) is 19.6 Å². The Morgan fingerprint density at radius 2 is 2.10 bits per heavy atom. The first-order chi connectivity index (χ1) is 9.76. The molecule has 106 valence electrons. The Bertz CT molecular complexity index is 639. The summed E-state index contributed by atoms with van der Waals surface area (Å²) in [7, 11) is 0. The first-order valence-electron chi connectivity index (χ1n) is 7.10. The number of aromatic nitrogens is 4. The van der Waals surface area contributed by atoms with Crippen LogP contribution in [0.2, 0.25) is 0 Å². The van der Waals surface area contributed by atoms with Crippen molar-refractivity contribution in [3.05, 3.63) is 40.6 Å². The standard InChI is InChI=1S/C14H19N5O/c1-2-18-8-5-12(16-18)11-19-14(20)9-13(10-15-19)17-6-3-4-7-17/h5,8-10H,2-4,6-7,11H2,1H3. The zero-order chi connectivity index (χ0) is 13.9. The molecule has 3 rings (SSSR count). The summed E-state index contributed by atoms with van der Waals surface area (Å²) in [6.07, 6.45) is 6.08. The second kappa shape index (κ2) is 5.48. The van der Waals surface area contributed by atoms with Crippen molar-refractivity contribution in [1.29, 1.82) is 0 Å². The van der Waals surface area contributed by atoms with E-state index in [0.717, 1.165) is 31.0 Å². The smallest absolute Gasteiger partial charge is 0.269 e. The van der Waals surface area contributed by atoms with Crippen LogP contribution in [0.15, 0.2) is 29.3 Å². The highest BCUT2D eigenvalue weighted by Crippen LogP contribution is 2.16. The number of rotatable bonds is 4. The number of aryl methyl sites for hydroxylation is 1. The van der Waals surface area contributed by atoms with Crippen molar-refractivity contribution >= 4 is 5.69 Å². The van der Waals surface area contributed by atoms with E-state index in [1.165, 1.54) is 17.5 Å². The van der Waals surface area contributed by atoms with Crippen LogP contribution in [0.3, 0.4) is 0 Å². The van der Waals surface area contributed by atoms with Crippen LogP contribution in [-0.2, 0) is 13.1 Å². The highest BCUT2D eigenvalue weighted by molar-refractivity contribution is 5.43. The predicted molar refractivity (Wildman–Crippen MR) is 76.9 cm³/mol. The van der Waals surface area contributed by atoms with E-state index in [-0.39, 0.29) is 5.56 Å². The van der Waals surface area contributed by atoms with Crippen molar-refractivity contribution in [2.75, 3.05) is 18.0 Å². The molecule has 0 aliphatic carbocycles. The molecule has 0 atom stereocenters. The second-order valence-electron chi connectivity index (χ2n) is 5.07. The molecular weight excluding hydrogens is 254 g/mol. The number of nitrogens with zero attached hydrogens (tertiary/aromatic N) is 5. The zero-order valence-electron chi connectivity index (χ0n) is 11.7. The van der Waals surface area contributed by atoms with E-state index in [1.54, 1.807) is 12.3 Å². The summed E-state index contributed by atoms with van der Waals surface area (Å²) in [5.74, 6) is 0. The molecule has 1 fully saturated rings. The fraction of sp³-hybridized carbons (Fsp3) is 0.500. The Kier molecular flexibility index (Phi) is 3.54. The van der Waals surface area contributed by atoms with Crippen molar-refractivity contribution in [3.8, 4) is 0 Å². The Balaban J connectivity index is 1.78. The molecule has 2 aromatic heterocycles. The van der Waals surface area contributed by atoms with Gasteiger partial charge in [0.15, 0.2) is 0 Å². The van der Waals surface area contributed by atoms with Gasteiger partial charge >= 0.3 is 0 Å². The van der Waals surface area contributed by atoms with Crippen LogP contribution in [0.1, 0.15) is 25.5 Å². The van der Waals surface area contributed by atoms with Crippen molar-refractivity contribution in [3.63, 3.8) is 0 Å². The van der Waals surface area contributed by atoms with E-state index in [4.69, 9.17) is 0 Å². The third-order valence-electron chi connectivity index (χ3n) is 3.66. The third-order valence-corrected chi connectivity index (χ3v) is 3.66. The van der Waals surface area contributed by atoms with Crippen LogP contribution in [0, 0.1) is 0 Å². The topological polar surface area (TPSA) is 56.0 Å². The van der Waals surface area contributed by atoms with Crippen LogP contribution in [0.4, 0.5) is 5.69 Å². The average molecular weight is 273 g/mol. The van der Waals surface area contributed by atoms with Crippen molar-refractivity contribution < 1.29 is 0 Å². The summed E-state index contributed by atoms with van der Waals surface area (Å²) in [5, 5.41) is 8.64. The minimum Gasteiger partial charge on any atom is -0.370 e. The maximum absolute atomic E-state index is 12.1. The quantitative estimate of drug-likeness (QED) is 0.837. The maximum atomic E-state index is 12.1. The first kappa shape index (κ1) is 12.9. The molecule has 1 aliphatic rings. The molecule has 0 radical (unpaired) electrons. The molecule has 0 aromatic carbocycles. The normalized spacial score (nSPS) is 14.9. The summed E-state index contributed by atoms with van der Waals surface area (Å²) >= 11 is 0. The molecule has 0 amide bonds. The minimum absolute atomic E-state index is 0.0690. The zero-order valence-corrected chi connectivity index (χ0v) is 11.7. The van der Waals surface area contributed by atoms with Gasteiger partial charge in [-0.25, -0.2) is 4.68 Å². The second-order valence-corrected chi connectivity index (χ2v) is 5.07. The van der Waals surface area contributed by atoms with Crippen molar-refractivity contribution in [2.45, 2.75) is 32.9 Å². The lowest BCUT2D eigenvalue weighted by atomic mass is 10.4. The van der Waals surface area contributed by atoms with Crippen LogP contribution in [-0.4, -0.2) is 32.7 Å². The SMILES string of the molecule is CCn1ccc(Cn2ncc(N3CCCC3)cc2=O)n1. The van der Waals surface area contributed by atoms with E-state index < -0.39 is 0 Å². The molecule has 3 heterocycles. The summed E-state index contributed by atoms with van der Waals surface area (Å²) in [6, 6.07) is 3.60. The highest BCUT2D eigenvalue weighted by Gasteiger charge is 2.13. The molecule has 0 bridgehead atoms. The average Bonchev–Trinajstić information content (AvgIpc) is 3.12. The summed E-state index contributed by atoms with van der Waals surface area (Å²) in [6.45, 7) is 5.33. The molecular formula is C14H19N5O. The van der Waals surface area contributed by atoms with Crippen LogP contribution in [0.25, 0.3) is 0 Å². The van der Waals surface area contributed by atoms with Gasteiger partial charge in [-0.1, -0.05) is 0 Å². The predicted octanol–water partition coefficient (Wildman–Crippen LogP) is 1.11. The molecule has 1 aliphatic heterocycles. The fourth-order valence-corrected chi connectivity index (χ4v) is 2.51. The van der Waals surface area contributed by atoms with Gasteiger partial charge in [-0.05, 0) is 25.8 Å². The van der Waals surface area contributed by atoms with E-state index in [2.05, 4.69) is 15.1 Å². The van der Waals surface area contributed by atoms with Gasteiger partial charge in [-0.15, -0.1) is 0 Å². The van der Waals surface area contributed by atoms with Crippen LogP contribution < -0.4 is 10.5 Å². The Hall–Kier alpha value is -2.11. The number of hydrogen-bond donors (Lipinski definition) is 0. The van der Waals surface area contributed by atoms with Crippen LogP contribution >= 0.6 is 0 Å². The van der Waals surface area contributed by atoms with Gasteiger partial charge in [-0.2, -0.15) is 10.2 Å². The fourth-order valence-electron chi connectivity index (χ4n) is 2.51. The van der Waals surface area contributed by atoms with E-state index in [1.807, 2.05) is 23.9 Å². The Labute approximate surface area is 117 Å². The third kappa shape index (κ3) is 2.59. The van der Waals surface area contributed by atoms with Gasteiger partial charge < -0.3 is 4.90 Å². The maximum Gasteiger partial charge on any atom is 0.269 e. The first-order valence-corrected chi connectivity index (χ1v) is 7.10. The molecule has 6 heteroatoms.